The average molecular weight is 585 g/mol. The van der Waals surface area contributed by atoms with E-state index in [2.05, 4.69) is 130 Å². The van der Waals surface area contributed by atoms with Gasteiger partial charge in [-0.05, 0) is 48.5 Å². The van der Waals surface area contributed by atoms with Gasteiger partial charge in [-0.1, -0.05) is 72.8 Å². The van der Waals surface area contributed by atoms with Crippen LogP contribution < -0.4 is 0 Å². The molecule has 6 heterocycles. The summed E-state index contributed by atoms with van der Waals surface area (Å²) in [4.78, 5) is 0. The lowest BCUT2D eigenvalue weighted by molar-refractivity contribution is 0.672. The van der Waals surface area contributed by atoms with Gasteiger partial charge in [-0.3, -0.25) is 0 Å². The molecule has 0 atom stereocenters. The lowest BCUT2D eigenvalue weighted by atomic mass is 10.0. The van der Waals surface area contributed by atoms with Crippen LogP contribution in [0.15, 0.2) is 130 Å². The molecular formula is C42H20N2O2. The zero-order chi connectivity index (χ0) is 29.4. The summed E-state index contributed by atoms with van der Waals surface area (Å²) in [6.45, 7) is 0. The highest BCUT2D eigenvalue weighted by Crippen LogP contribution is 2.50. The number of rotatable bonds is 0. The molecule has 7 aromatic carbocycles. The van der Waals surface area contributed by atoms with Gasteiger partial charge in [0.1, 0.15) is 22.3 Å². The quantitative estimate of drug-likeness (QED) is 0.178. The van der Waals surface area contributed by atoms with Crippen LogP contribution in [0.5, 0.6) is 0 Å². The molecule has 46 heavy (non-hydrogen) atoms. The fourth-order valence-corrected chi connectivity index (χ4v) is 8.95. The Morgan fingerprint density at radius 3 is 1.22 bits per heavy atom. The zero-order valence-electron chi connectivity index (χ0n) is 24.3. The summed E-state index contributed by atoms with van der Waals surface area (Å²) in [6, 6.07) is 43.9. The van der Waals surface area contributed by atoms with Gasteiger partial charge in [-0.15, -0.1) is 0 Å². The van der Waals surface area contributed by atoms with Gasteiger partial charge < -0.3 is 17.6 Å². The second-order valence-corrected chi connectivity index (χ2v) is 12.8. The number of nitrogens with zero attached hydrogens (tertiary/aromatic N) is 2. The smallest absolute Gasteiger partial charge is 0.145 e. The van der Waals surface area contributed by atoms with Crippen molar-refractivity contribution in [3.63, 3.8) is 0 Å². The lowest BCUT2D eigenvalue weighted by Crippen LogP contribution is -1.82. The molecule has 6 aromatic heterocycles. The summed E-state index contributed by atoms with van der Waals surface area (Å²) in [5, 5.41) is 14.4. The second kappa shape index (κ2) is 7.17. The third-order valence-electron chi connectivity index (χ3n) is 10.7. The van der Waals surface area contributed by atoms with Crippen LogP contribution in [0.25, 0.3) is 120 Å². The maximum atomic E-state index is 6.72. The Morgan fingerprint density at radius 2 is 0.739 bits per heavy atom. The summed E-state index contributed by atoms with van der Waals surface area (Å²) in [7, 11) is 0. The van der Waals surface area contributed by atoms with E-state index in [0.717, 1.165) is 43.9 Å². The van der Waals surface area contributed by atoms with Crippen molar-refractivity contribution in [1.82, 2.24) is 8.80 Å². The number of para-hydroxylation sites is 4. The van der Waals surface area contributed by atoms with Gasteiger partial charge in [0.15, 0.2) is 0 Å². The van der Waals surface area contributed by atoms with Crippen molar-refractivity contribution >= 4 is 120 Å². The first kappa shape index (κ1) is 22.3. The topological polar surface area (TPSA) is 35.1 Å². The summed E-state index contributed by atoms with van der Waals surface area (Å²) in [5.74, 6) is 0. The van der Waals surface area contributed by atoms with Crippen LogP contribution >= 0.6 is 0 Å². The van der Waals surface area contributed by atoms with E-state index >= 15 is 0 Å². The van der Waals surface area contributed by atoms with Crippen LogP contribution in [0.3, 0.4) is 0 Å². The maximum Gasteiger partial charge on any atom is 0.145 e. The molecule has 0 amide bonds. The fourth-order valence-electron chi connectivity index (χ4n) is 8.95. The monoisotopic (exact) mass is 584 g/mol. The number of hydrogen-bond acceptors (Lipinski definition) is 2. The molecule has 0 aliphatic carbocycles. The van der Waals surface area contributed by atoms with E-state index in [1.165, 1.54) is 76.2 Å². The second-order valence-electron chi connectivity index (χ2n) is 12.8. The van der Waals surface area contributed by atoms with Crippen molar-refractivity contribution in [2.24, 2.45) is 0 Å². The summed E-state index contributed by atoms with van der Waals surface area (Å²) in [5.41, 5.74) is 11.0. The van der Waals surface area contributed by atoms with Crippen molar-refractivity contribution in [3.8, 4) is 0 Å². The van der Waals surface area contributed by atoms with Crippen molar-refractivity contribution in [2.75, 3.05) is 0 Å². The van der Waals surface area contributed by atoms with Crippen molar-refractivity contribution in [3.05, 3.63) is 121 Å². The van der Waals surface area contributed by atoms with Gasteiger partial charge in [-0.2, -0.15) is 0 Å². The highest BCUT2D eigenvalue weighted by Gasteiger charge is 2.27. The van der Waals surface area contributed by atoms with Crippen molar-refractivity contribution in [1.29, 1.82) is 0 Å². The highest BCUT2D eigenvalue weighted by atomic mass is 16.3. The van der Waals surface area contributed by atoms with E-state index in [1.54, 1.807) is 0 Å². The van der Waals surface area contributed by atoms with E-state index in [9.17, 15) is 0 Å². The third kappa shape index (κ3) is 2.27. The fraction of sp³-hybridized carbons (Fsp3) is 0. The molecule has 4 heteroatoms. The van der Waals surface area contributed by atoms with E-state index < -0.39 is 0 Å². The largest absolute Gasteiger partial charge is 0.455 e. The number of furan rings is 2. The Bertz CT molecular complexity index is 3240. The predicted molar refractivity (Wildman–Crippen MR) is 190 cm³/mol. The van der Waals surface area contributed by atoms with E-state index in [0.29, 0.717) is 0 Å². The predicted octanol–water partition coefficient (Wildman–Crippen LogP) is 11.8. The molecule has 210 valence electrons. The van der Waals surface area contributed by atoms with E-state index in [-0.39, 0.29) is 0 Å². The Hall–Kier alpha value is -6.26. The van der Waals surface area contributed by atoms with Gasteiger partial charge in [-0.25, -0.2) is 0 Å². The van der Waals surface area contributed by atoms with Crippen LogP contribution in [-0.4, -0.2) is 8.80 Å². The molecular weight excluding hydrogens is 564 g/mol. The zero-order valence-corrected chi connectivity index (χ0v) is 24.3. The maximum absolute atomic E-state index is 6.72. The molecule has 0 fully saturated rings. The Balaban J connectivity index is 1.37. The minimum atomic E-state index is 0.921. The van der Waals surface area contributed by atoms with Crippen LogP contribution in [0, 0.1) is 0 Å². The minimum absolute atomic E-state index is 0.921. The number of fused-ring (bicyclic) bond motifs is 20. The third-order valence-corrected chi connectivity index (χ3v) is 10.7. The molecule has 0 aliphatic heterocycles. The van der Waals surface area contributed by atoms with Crippen molar-refractivity contribution < 1.29 is 8.83 Å². The first-order valence-corrected chi connectivity index (χ1v) is 15.8. The SMILES string of the molecule is c1ccc2c(c1)oc1c2cc2c3ccccc3n3c4cc5c6c7oc8ccccc8c7cc7c8ccccc8n(c5cc4c1c23)c76. The molecule has 0 N–H and O–H groups in total. The van der Waals surface area contributed by atoms with E-state index in [1.807, 2.05) is 0 Å². The van der Waals surface area contributed by atoms with Crippen molar-refractivity contribution in [2.45, 2.75) is 0 Å². The van der Waals surface area contributed by atoms with Gasteiger partial charge in [0.25, 0.3) is 0 Å². The summed E-state index contributed by atoms with van der Waals surface area (Å²) >= 11 is 0. The van der Waals surface area contributed by atoms with Crippen LogP contribution in [0.4, 0.5) is 0 Å². The number of aromatic nitrogens is 2. The average Bonchev–Trinajstić information content (AvgIpc) is 3.92. The Kier molecular flexibility index (Phi) is 3.47. The summed E-state index contributed by atoms with van der Waals surface area (Å²) < 4.78 is 18.4. The molecule has 0 radical (unpaired) electrons. The molecule has 0 saturated heterocycles. The Morgan fingerprint density at radius 1 is 0.326 bits per heavy atom. The molecule has 0 bridgehead atoms. The minimum Gasteiger partial charge on any atom is -0.455 e. The molecule has 13 aromatic rings. The summed E-state index contributed by atoms with van der Waals surface area (Å²) in [6.07, 6.45) is 0. The van der Waals surface area contributed by atoms with Gasteiger partial charge >= 0.3 is 0 Å². The van der Waals surface area contributed by atoms with Gasteiger partial charge in [0.05, 0.1) is 43.9 Å². The standard InChI is InChI=1S/C42H20N2O2/c1-5-13-31-21(9-1)25-17-27-23-11-3-7-15-35(23)45-41(27)37-29-20-34-30(19-33(29)43(31)39(25)37)38-40-26(22-10-2-6-14-32(22)44(34)40)18-28-24-12-4-8-16-36(24)46-42(28)38/h1-20H. The highest BCUT2D eigenvalue weighted by molar-refractivity contribution is 6.37. The van der Waals surface area contributed by atoms with Gasteiger partial charge in [0, 0.05) is 53.9 Å². The number of benzene rings is 7. The van der Waals surface area contributed by atoms with Crippen LogP contribution in [-0.2, 0) is 0 Å². The Labute approximate surface area is 258 Å². The molecule has 0 unspecified atom stereocenters. The first-order valence-electron chi connectivity index (χ1n) is 15.8. The lowest BCUT2D eigenvalue weighted by Gasteiger charge is -2.02. The van der Waals surface area contributed by atoms with Crippen LogP contribution in [0.2, 0.25) is 0 Å². The molecule has 13 rings (SSSR count). The van der Waals surface area contributed by atoms with E-state index in [4.69, 9.17) is 8.83 Å². The van der Waals surface area contributed by atoms with Crippen LogP contribution in [0.1, 0.15) is 0 Å². The number of hydrogen-bond donors (Lipinski definition) is 0. The molecule has 0 aliphatic rings. The molecule has 4 nitrogen and oxygen atoms in total. The van der Waals surface area contributed by atoms with Gasteiger partial charge in [0.2, 0.25) is 0 Å². The molecule has 0 spiro atoms. The molecule has 0 saturated carbocycles. The first-order chi connectivity index (χ1) is 22.8. The normalized spacial score (nSPS) is 13.2.